The molecule has 0 aliphatic heterocycles. The van der Waals surface area contributed by atoms with Crippen molar-refractivity contribution in [1.82, 2.24) is 4.98 Å². The second-order valence-electron chi connectivity index (χ2n) is 4.27. The standard InChI is InChI=1S/C15H7BrCl3N/c16-9-3-1-8(2-4-9)11-7-20-13-6-10(17)5-12(18)14(13)15(11)19/h1-7H. The van der Waals surface area contributed by atoms with E-state index in [2.05, 4.69) is 20.9 Å². The van der Waals surface area contributed by atoms with Crippen molar-refractivity contribution in [3.8, 4) is 11.1 Å². The van der Waals surface area contributed by atoms with Crippen molar-refractivity contribution in [2.45, 2.75) is 0 Å². The van der Waals surface area contributed by atoms with Crippen LogP contribution in [-0.4, -0.2) is 4.98 Å². The number of hydrogen-bond donors (Lipinski definition) is 0. The van der Waals surface area contributed by atoms with Crippen LogP contribution in [0.1, 0.15) is 0 Å². The topological polar surface area (TPSA) is 12.9 Å². The van der Waals surface area contributed by atoms with E-state index in [0.29, 0.717) is 20.6 Å². The van der Waals surface area contributed by atoms with E-state index in [9.17, 15) is 0 Å². The summed E-state index contributed by atoms with van der Waals surface area (Å²) in [4.78, 5) is 4.40. The number of pyridine rings is 1. The zero-order valence-electron chi connectivity index (χ0n) is 10.0. The molecule has 3 rings (SSSR count). The average Bonchev–Trinajstić information content (AvgIpc) is 2.39. The molecule has 0 N–H and O–H groups in total. The van der Waals surface area contributed by atoms with E-state index in [-0.39, 0.29) is 0 Å². The first-order valence-corrected chi connectivity index (χ1v) is 7.68. The highest BCUT2D eigenvalue weighted by molar-refractivity contribution is 9.10. The summed E-state index contributed by atoms with van der Waals surface area (Å²) in [6.45, 7) is 0. The predicted octanol–water partition coefficient (Wildman–Crippen LogP) is 6.62. The summed E-state index contributed by atoms with van der Waals surface area (Å²) in [6, 6.07) is 11.3. The highest BCUT2D eigenvalue weighted by Crippen LogP contribution is 2.38. The first kappa shape index (κ1) is 14.2. The summed E-state index contributed by atoms with van der Waals surface area (Å²) in [6.07, 6.45) is 1.74. The highest BCUT2D eigenvalue weighted by atomic mass is 79.9. The lowest BCUT2D eigenvalue weighted by molar-refractivity contribution is 1.41. The molecule has 20 heavy (non-hydrogen) atoms. The fourth-order valence-corrected chi connectivity index (χ4v) is 3.28. The number of rotatable bonds is 1. The third-order valence-electron chi connectivity index (χ3n) is 2.98. The van der Waals surface area contributed by atoms with Gasteiger partial charge in [0.05, 0.1) is 15.6 Å². The average molecular weight is 387 g/mol. The maximum absolute atomic E-state index is 6.49. The Hall–Kier alpha value is -0.800. The van der Waals surface area contributed by atoms with E-state index in [0.717, 1.165) is 21.0 Å². The summed E-state index contributed by atoms with van der Waals surface area (Å²) in [5.41, 5.74) is 2.52. The molecule has 0 amide bonds. The second kappa shape index (κ2) is 5.53. The molecule has 0 radical (unpaired) electrons. The Morgan fingerprint density at radius 2 is 1.65 bits per heavy atom. The van der Waals surface area contributed by atoms with Crippen LogP contribution < -0.4 is 0 Å². The Kier molecular flexibility index (Phi) is 3.91. The van der Waals surface area contributed by atoms with E-state index in [1.165, 1.54) is 0 Å². The first-order chi connectivity index (χ1) is 9.56. The molecule has 1 heterocycles. The quantitative estimate of drug-likeness (QED) is 0.457. The summed E-state index contributed by atoms with van der Waals surface area (Å²) in [7, 11) is 0. The molecule has 3 aromatic rings. The van der Waals surface area contributed by atoms with E-state index in [1.807, 2.05) is 24.3 Å². The van der Waals surface area contributed by atoms with Crippen LogP contribution in [0.25, 0.3) is 22.0 Å². The van der Waals surface area contributed by atoms with Gasteiger partial charge in [-0.2, -0.15) is 0 Å². The Bertz CT molecular complexity index is 800. The van der Waals surface area contributed by atoms with Gasteiger partial charge in [-0.1, -0.05) is 62.9 Å². The molecule has 1 nitrogen and oxygen atoms in total. The van der Waals surface area contributed by atoms with Crippen molar-refractivity contribution in [3.63, 3.8) is 0 Å². The van der Waals surface area contributed by atoms with Gasteiger partial charge in [-0.3, -0.25) is 4.98 Å². The molecular weight excluding hydrogens is 380 g/mol. The summed E-state index contributed by atoms with van der Waals surface area (Å²) in [5.74, 6) is 0. The lowest BCUT2D eigenvalue weighted by atomic mass is 10.1. The monoisotopic (exact) mass is 385 g/mol. The van der Waals surface area contributed by atoms with Gasteiger partial charge < -0.3 is 0 Å². The summed E-state index contributed by atoms with van der Waals surface area (Å²) >= 11 is 22.1. The van der Waals surface area contributed by atoms with Crippen molar-refractivity contribution in [1.29, 1.82) is 0 Å². The Morgan fingerprint density at radius 1 is 0.950 bits per heavy atom. The van der Waals surface area contributed by atoms with Crippen molar-refractivity contribution in [2.75, 3.05) is 0 Å². The van der Waals surface area contributed by atoms with Crippen LogP contribution in [0.2, 0.25) is 15.1 Å². The van der Waals surface area contributed by atoms with Gasteiger partial charge in [-0.15, -0.1) is 0 Å². The molecule has 0 saturated carbocycles. The highest BCUT2D eigenvalue weighted by Gasteiger charge is 2.12. The number of fused-ring (bicyclic) bond motifs is 1. The molecule has 1 aromatic heterocycles. The third-order valence-corrected chi connectivity index (χ3v) is 4.42. The van der Waals surface area contributed by atoms with Crippen molar-refractivity contribution < 1.29 is 0 Å². The Morgan fingerprint density at radius 3 is 2.35 bits per heavy atom. The third kappa shape index (κ3) is 2.53. The van der Waals surface area contributed by atoms with Gasteiger partial charge in [-0.25, -0.2) is 0 Å². The molecule has 5 heteroatoms. The van der Waals surface area contributed by atoms with Crippen molar-refractivity contribution >= 4 is 61.6 Å². The number of hydrogen-bond acceptors (Lipinski definition) is 1. The van der Waals surface area contributed by atoms with Crippen LogP contribution in [0.15, 0.2) is 47.1 Å². The SMILES string of the molecule is Clc1cc(Cl)c2c(Cl)c(-c3ccc(Br)cc3)cnc2c1. The number of aromatic nitrogens is 1. The van der Waals surface area contributed by atoms with Crippen LogP contribution >= 0.6 is 50.7 Å². The molecule has 0 spiro atoms. The minimum atomic E-state index is 0.504. The van der Waals surface area contributed by atoms with Crippen LogP contribution in [-0.2, 0) is 0 Å². The van der Waals surface area contributed by atoms with Crippen molar-refractivity contribution in [2.24, 2.45) is 0 Å². The first-order valence-electron chi connectivity index (χ1n) is 5.75. The summed E-state index contributed by atoms with van der Waals surface area (Å²) < 4.78 is 1.01. The number of nitrogens with zero attached hydrogens (tertiary/aromatic N) is 1. The van der Waals surface area contributed by atoms with E-state index in [4.69, 9.17) is 34.8 Å². The van der Waals surface area contributed by atoms with Crippen LogP contribution in [0.4, 0.5) is 0 Å². The predicted molar refractivity (Wildman–Crippen MR) is 89.9 cm³/mol. The molecule has 2 aromatic carbocycles. The smallest absolute Gasteiger partial charge is 0.0747 e. The van der Waals surface area contributed by atoms with Crippen molar-refractivity contribution in [3.05, 3.63) is 62.1 Å². The number of benzene rings is 2. The van der Waals surface area contributed by atoms with E-state index < -0.39 is 0 Å². The van der Waals surface area contributed by atoms with Gasteiger partial charge in [0.15, 0.2) is 0 Å². The zero-order chi connectivity index (χ0) is 14.3. The minimum absolute atomic E-state index is 0.504. The molecular formula is C15H7BrCl3N. The molecule has 0 unspecified atom stereocenters. The molecule has 0 aliphatic rings. The van der Waals surface area contributed by atoms with Gasteiger partial charge in [0, 0.05) is 26.6 Å². The largest absolute Gasteiger partial charge is 0.255 e. The van der Waals surface area contributed by atoms with Gasteiger partial charge in [-0.05, 0) is 29.8 Å². The van der Waals surface area contributed by atoms with Crippen LogP contribution in [0.3, 0.4) is 0 Å². The molecule has 0 bridgehead atoms. The lowest BCUT2D eigenvalue weighted by Crippen LogP contribution is -1.87. The van der Waals surface area contributed by atoms with E-state index in [1.54, 1.807) is 18.3 Å². The summed E-state index contributed by atoms with van der Waals surface area (Å²) in [5, 5.41) is 2.35. The maximum Gasteiger partial charge on any atom is 0.0747 e. The van der Waals surface area contributed by atoms with Gasteiger partial charge in [0.2, 0.25) is 0 Å². The lowest BCUT2D eigenvalue weighted by Gasteiger charge is -2.09. The fourth-order valence-electron chi connectivity index (χ4n) is 2.04. The fraction of sp³-hybridized carbons (Fsp3) is 0. The van der Waals surface area contributed by atoms with Crippen LogP contribution in [0, 0.1) is 0 Å². The van der Waals surface area contributed by atoms with Gasteiger partial charge in [0.25, 0.3) is 0 Å². The zero-order valence-corrected chi connectivity index (χ0v) is 13.9. The normalized spacial score (nSPS) is 11.0. The van der Waals surface area contributed by atoms with Gasteiger partial charge in [0.1, 0.15) is 0 Å². The Balaban J connectivity index is 2.28. The maximum atomic E-state index is 6.49. The Labute approximate surface area is 139 Å². The van der Waals surface area contributed by atoms with E-state index >= 15 is 0 Å². The minimum Gasteiger partial charge on any atom is -0.255 e. The molecule has 0 aliphatic carbocycles. The second-order valence-corrected chi connectivity index (χ2v) is 6.41. The molecule has 0 fully saturated rings. The number of halogens is 4. The molecule has 0 saturated heterocycles. The van der Waals surface area contributed by atoms with Gasteiger partial charge >= 0.3 is 0 Å². The molecule has 0 atom stereocenters. The molecule has 100 valence electrons. The van der Waals surface area contributed by atoms with Crippen LogP contribution in [0.5, 0.6) is 0 Å².